The molecule has 2 aliphatic rings. The molecule has 8 nitrogen and oxygen atoms in total. The maximum absolute atomic E-state index is 14.7. The number of carbonyl (C=O) groups is 2. The first-order chi connectivity index (χ1) is 16.8. The number of anilines is 2. The summed E-state index contributed by atoms with van der Waals surface area (Å²) in [4.78, 5) is 42.0. The SMILES string of the molecule is CCC(=O)c1ccc(N2CCN(C(=O)c3cc([N+](=O)[O-])ccc3N3CCC(C)CC3)CC2)c(F)c1. The highest BCUT2D eigenvalue weighted by Crippen LogP contribution is 2.31. The molecule has 0 spiro atoms. The summed E-state index contributed by atoms with van der Waals surface area (Å²) in [5.41, 5.74) is 1.73. The summed E-state index contributed by atoms with van der Waals surface area (Å²) in [6.45, 7) is 7.15. The minimum Gasteiger partial charge on any atom is -0.371 e. The summed E-state index contributed by atoms with van der Waals surface area (Å²) in [5, 5.41) is 11.4. The van der Waals surface area contributed by atoms with Gasteiger partial charge in [0.2, 0.25) is 0 Å². The number of hydrogen-bond acceptors (Lipinski definition) is 6. The fourth-order valence-corrected chi connectivity index (χ4v) is 4.80. The monoisotopic (exact) mass is 482 g/mol. The maximum Gasteiger partial charge on any atom is 0.270 e. The molecule has 35 heavy (non-hydrogen) atoms. The number of rotatable bonds is 6. The molecule has 2 saturated heterocycles. The van der Waals surface area contributed by atoms with E-state index in [0.29, 0.717) is 55.3 Å². The van der Waals surface area contributed by atoms with Gasteiger partial charge in [0.25, 0.3) is 11.6 Å². The molecule has 0 N–H and O–H groups in total. The first-order valence-corrected chi connectivity index (χ1v) is 12.2. The van der Waals surface area contributed by atoms with Gasteiger partial charge in [-0.3, -0.25) is 19.7 Å². The lowest BCUT2D eigenvalue weighted by atomic mass is 9.97. The Hall–Kier alpha value is -3.49. The molecule has 2 aliphatic heterocycles. The highest BCUT2D eigenvalue weighted by Gasteiger charge is 2.29. The van der Waals surface area contributed by atoms with E-state index in [4.69, 9.17) is 0 Å². The Balaban J connectivity index is 1.50. The van der Waals surface area contributed by atoms with Crippen molar-refractivity contribution in [1.82, 2.24) is 4.90 Å². The predicted octanol–water partition coefficient (Wildman–Crippen LogP) is 4.53. The quantitative estimate of drug-likeness (QED) is 0.342. The van der Waals surface area contributed by atoms with Crippen LogP contribution in [0.2, 0.25) is 0 Å². The van der Waals surface area contributed by atoms with Crippen molar-refractivity contribution in [2.45, 2.75) is 33.1 Å². The number of piperidine rings is 1. The predicted molar refractivity (Wildman–Crippen MR) is 133 cm³/mol. The molecule has 0 aromatic heterocycles. The summed E-state index contributed by atoms with van der Waals surface area (Å²) >= 11 is 0. The second kappa shape index (κ2) is 10.4. The van der Waals surface area contributed by atoms with Crippen molar-refractivity contribution < 1.29 is 18.9 Å². The lowest BCUT2D eigenvalue weighted by molar-refractivity contribution is -0.384. The fraction of sp³-hybridized carbons (Fsp3) is 0.462. The summed E-state index contributed by atoms with van der Waals surface area (Å²) in [5.74, 6) is -0.191. The molecule has 1 amide bonds. The number of nitrogens with zero attached hydrogens (tertiary/aromatic N) is 4. The third-order valence-electron chi connectivity index (χ3n) is 7.04. The smallest absolute Gasteiger partial charge is 0.270 e. The van der Waals surface area contributed by atoms with Gasteiger partial charge in [-0.05, 0) is 43.0 Å². The van der Waals surface area contributed by atoms with Gasteiger partial charge in [-0.25, -0.2) is 4.39 Å². The second-order valence-electron chi connectivity index (χ2n) is 9.35. The van der Waals surface area contributed by atoms with Crippen molar-refractivity contribution >= 4 is 28.8 Å². The molecule has 186 valence electrons. The van der Waals surface area contributed by atoms with Gasteiger partial charge in [-0.2, -0.15) is 0 Å². The average Bonchev–Trinajstić information content (AvgIpc) is 2.88. The Kier molecular flexibility index (Phi) is 7.33. The van der Waals surface area contributed by atoms with E-state index in [-0.39, 0.29) is 17.4 Å². The van der Waals surface area contributed by atoms with E-state index in [1.165, 1.54) is 18.2 Å². The Labute approximate surface area is 204 Å². The molecule has 2 aromatic carbocycles. The van der Waals surface area contributed by atoms with E-state index < -0.39 is 10.7 Å². The molecule has 0 aliphatic carbocycles. The van der Waals surface area contributed by atoms with E-state index in [0.717, 1.165) is 31.6 Å². The first-order valence-electron chi connectivity index (χ1n) is 12.2. The maximum atomic E-state index is 14.7. The fourth-order valence-electron chi connectivity index (χ4n) is 4.80. The Morgan fingerprint density at radius 3 is 2.20 bits per heavy atom. The molecule has 0 radical (unpaired) electrons. The molecular weight excluding hydrogens is 451 g/mol. The summed E-state index contributed by atoms with van der Waals surface area (Å²) in [6.07, 6.45) is 2.34. The van der Waals surface area contributed by atoms with Crippen LogP contribution in [0.1, 0.15) is 53.8 Å². The molecule has 4 rings (SSSR count). The molecule has 2 fully saturated rings. The number of hydrogen-bond donors (Lipinski definition) is 0. The van der Waals surface area contributed by atoms with Gasteiger partial charge in [0.1, 0.15) is 5.82 Å². The lowest BCUT2D eigenvalue weighted by Gasteiger charge is -2.37. The average molecular weight is 483 g/mol. The van der Waals surface area contributed by atoms with E-state index in [1.807, 2.05) is 4.90 Å². The summed E-state index contributed by atoms with van der Waals surface area (Å²) in [6, 6.07) is 9.05. The van der Waals surface area contributed by atoms with Gasteiger partial charge in [0, 0.05) is 63.4 Å². The molecule has 0 atom stereocenters. The number of piperazine rings is 1. The third kappa shape index (κ3) is 5.28. The Morgan fingerprint density at radius 1 is 0.971 bits per heavy atom. The van der Waals surface area contributed by atoms with Crippen molar-refractivity contribution in [2.24, 2.45) is 5.92 Å². The number of benzene rings is 2. The zero-order valence-corrected chi connectivity index (χ0v) is 20.2. The van der Waals surface area contributed by atoms with Crippen molar-refractivity contribution in [3.05, 3.63) is 63.5 Å². The number of non-ortho nitro benzene ring substituents is 1. The van der Waals surface area contributed by atoms with Crippen molar-refractivity contribution in [3.8, 4) is 0 Å². The molecule has 0 bridgehead atoms. The number of amides is 1. The number of ketones is 1. The van der Waals surface area contributed by atoms with E-state index >= 15 is 0 Å². The molecule has 2 aromatic rings. The number of carbonyl (C=O) groups excluding carboxylic acids is 2. The Morgan fingerprint density at radius 2 is 1.60 bits per heavy atom. The van der Waals surface area contributed by atoms with Crippen molar-refractivity contribution in [1.29, 1.82) is 0 Å². The van der Waals surface area contributed by atoms with Crippen molar-refractivity contribution in [2.75, 3.05) is 49.1 Å². The van der Waals surface area contributed by atoms with Crippen LogP contribution >= 0.6 is 0 Å². The lowest BCUT2D eigenvalue weighted by Crippen LogP contribution is -2.49. The number of nitro benzene ring substituents is 1. The minimum absolute atomic E-state index is 0.107. The van der Waals surface area contributed by atoms with Gasteiger partial charge >= 0.3 is 0 Å². The Bertz CT molecular complexity index is 1120. The van der Waals surface area contributed by atoms with Crippen molar-refractivity contribution in [3.63, 3.8) is 0 Å². The molecular formula is C26H31FN4O4. The van der Waals surface area contributed by atoms with Gasteiger partial charge in [0.05, 0.1) is 21.9 Å². The zero-order chi connectivity index (χ0) is 25.1. The van der Waals surface area contributed by atoms with Crippen LogP contribution in [0.5, 0.6) is 0 Å². The van der Waals surface area contributed by atoms with Gasteiger partial charge in [-0.1, -0.05) is 13.8 Å². The highest BCUT2D eigenvalue weighted by molar-refractivity contribution is 6.00. The largest absolute Gasteiger partial charge is 0.371 e. The molecule has 2 heterocycles. The van der Waals surface area contributed by atoms with Crippen LogP contribution in [0.3, 0.4) is 0 Å². The molecule has 0 unspecified atom stereocenters. The van der Waals surface area contributed by atoms with Crippen LogP contribution < -0.4 is 9.80 Å². The standard InChI is InChI=1S/C26H31FN4O4/c1-3-25(32)19-4-6-24(22(27)16-19)29-12-14-30(15-13-29)26(33)21-17-20(31(34)35)5-7-23(21)28-10-8-18(2)9-11-28/h4-7,16-18H,3,8-15H2,1-2H3. The minimum atomic E-state index is -0.480. The van der Waals surface area contributed by atoms with Crippen LogP contribution in [-0.4, -0.2) is 60.8 Å². The number of halogens is 1. The van der Waals surface area contributed by atoms with Gasteiger partial charge in [-0.15, -0.1) is 0 Å². The zero-order valence-electron chi connectivity index (χ0n) is 20.2. The molecule has 0 saturated carbocycles. The molecule has 9 heteroatoms. The van der Waals surface area contributed by atoms with Crippen LogP contribution in [0.15, 0.2) is 36.4 Å². The van der Waals surface area contributed by atoms with Crippen LogP contribution in [0, 0.1) is 21.8 Å². The van der Waals surface area contributed by atoms with Crippen LogP contribution in [0.4, 0.5) is 21.5 Å². The van der Waals surface area contributed by atoms with Crippen LogP contribution in [-0.2, 0) is 0 Å². The normalized spacial score (nSPS) is 16.9. The van der Waals surface area contributed by atoms with E-state index in [1.54, 1.807) is 30.0 Å². The van der Waals surface area contributed by atoms with E-state index in [2.05, 4.69) is 11.8 Å². The van der Waals surface area contributed by atoms with Gasteiger partial charge < -0.3 is 14.7 Å². The number of Topliss-reactive ketones (excluding diaryl/α,β-unsaturated/α-hetero) is 1. The highest BCUT2D eigenvalue weighted by atomic mass is 19.1. The van der Waals surface area contributed by atoms with Gasteiger partial charge in [0.15, 0.2) is 5.78 Å². The summed E-state index contributed by atoms with van der Waals surface area (Å²) < 4.78 is 14.7. The topological polar surface area (TPSA) is 87.0 Å². The van der Waals surface area contributed by atoms with E-state index in [9.17, 15) is 24.1 Å². The third-order valence-corrected chi connectivity index (χ3v) is 7.04. The summed E-state index contributed by atoms with van der Waals surface area (Å²) in [7, 11) is 0. The van der Waals surface area contributed by atoms with Crippen LogP contribution in [0.25, 0.3) is 0 Å². The number of nitro groups is 1. The first kappa shape index (κ1) is 24.6. The second-order valence-corrected chi connectivity index (χ2v) is 9.35.